The molecule has 10 heteroatoms. The number of nitrogen functional groups attached to an aromatic ring is 1. The van der Waals surface area contributed by atoms with E-state index >= 15 is 0 Å². The van der Waals surface area contributed by atoms with Crippen molar-refractivity contribution in [1.29, 1.82) is 0 Å². The Kier molecular flexibility index (Phi) is 8.28. The number of nitrogens with one attached hydrogen (secondary N) is 1. The summed E-state index contributed by atoms with van der Waals surface area (Å²) >= 11 is 0. The van der Waals surface area contributed by atoms with Crippen molar-refractivity contribution in [2.75, 3.05) is 11.2 Å². The molecule has 0 unspecified atom stereocenters. The Morgan fingerprint density at radius 2 is 1.64 bits per heavy atom. The molecule has 10 nitrogen and oxygen atoms in total. The summed E-state index contributed by atoms with van der Waals surface area (Å²) in [6, 6.07) is 13.4. The lowest BCUT2D eigenvalue weighted by atomic mass is 10.2. The van der Waals surface area contributed by atoms with Crippen molar-refractivity contribution in [3.8, 4) is 0 Å². The van der Waals surface area contributed by atoms with Crippen LogP contribution in [0, 0.1) is 6.92 Å². The van der Waals surface area contributed by atoms with E-state index in [4.69, 9.17) is 10.9 Å². The zero-order chi connectivity index (χ0) is 21.3. The topological polar surface area (TPSA) is 179 Å². The van der Waals surface area contributed by atoms with Crippen molar-refractivity contribution in [2.24, 2.45) is 11.7 Å². The van der Waals surface area contributed by atoms with Crippen LogP contribution >= 0.6 is 0 Å². The number of para-hydroxylation sites is 2. The number of carbonyl (C=O) groups excluding carboxylic acids is 1. The number of nitrogens with zero attached hydrogens (tertiary/aromatic N) is 2. The van der Waals surface area contributed by atoms with E-state index in [-0.39, 0.29) is 17.0 Å². The predicted octanol–water partition coefficient (Wildman–Crippen LogP) is 0.581. The van der Waals surface area contributed by atoms with E-state index in [1.807, 2.05) is 6.07 Å². The van der Waals surface area contributed by atoms with Gasteiger partial charge in [0.05, 0.1) is 22.2 Å². The minimum absolute atomic E-state index is 0.0951. The molecule has 0 radical (unpaired) electrons. The van der Waals surface area contributed by atoms with Gasteiger partial charge in [-0.2, -0.15) is 0 Å². The number of rotatable bonds is 2. The first-order valence-electron chi connectivity index (χ1n) is 7.98. The minimum Gasteiger partial charge on any atom is -0.478 e. The number of hydrogen-bond donors (Lipinski definition) is 5. The molecule has 0 saturated carbocycles. The number of carboxylic acid groups (broad SMARTS) is 1. The molecule has 3 rings (SSSR count). The second-order valence-electron chi connectivity index (χ2n) is 5.38. The van der Waals surface area contributed by atoms with Crippen LogP contribution in [0.5, 0.6) is 0 Å². The van der Waals surface area contributed by atoms with E-state index in [0.717, 1.165) is 4.68 Å². The van der Waals surface area contributed by atoms with Gasteiger partial charge in [-0.15, -0.1) is 0 Å². The molecular formula is C18H22N6O4. The number of nitrogens with two attached hydrogens (primary N) is 3. The maximum absolute atomic E-state index is 11.5. The molecule has 8 N–H and O–H groups in total. The summed E-state index contributed by atoms with van der Waals surface area (Å²) in [5.41, 5.74) is 0.898. The summed E-state index contributed by atoms with van der Waals surface area (Å²) in [5.74, 6) is 12.7. The number of carbonyl (C=O) groups is 2. The molecular weight excluding hydrogens is 364 g/mol. The molecule has 0 aliphatic carbocycles. The summed E-state index contributed by atoms with van der Waals surface area (Å²) in [6.07, 6.45) is 0. The normalized spacial score (nSPS) is 9.43. The maximum atomic E-state index is 11.5. The van der Waals surface area contributed by atoms with Crippen LogP contribution in [0.4, 0.5) is 5.69 Å². The van der Waals surface area contributed by atoms with E-state index in [2.05, 4.69) is 22.0 Å². The number of carboxylic acids is 1. The Labute approximate surface area is 160 Å². The van der Waals surface area contributed by atoms with Crippen molar-refractivity contribution < 1.29 is 14.7 Å². The molecule has 1 heterocycles. The number of aryl methyl sites for hydroxylation is 1. The smallest absolute Gasteiger partial charge is 0.337 e. The number of aromatic carboxylic acids is 1. The molecule has 28 heavy (non-hydrogen) atoms. The lowest BCUT2D eigenvalue weighted by Crippen LogP contribution is -2.30. The highest BCUT2D eigenvalue weighted by molar-refractivity contribution is 5.99. The number of amides is 1. The number of aromatic nitrogens is 2. The van der Waals surface area contributed by atoms with Crippen molar-refractivity contribution in [2.45, 2.75) is 13.8 Å². The molecule has 0 saturated heterocycles. The third-order valence-electron chi connectivity index (χ3n) is 3.45. The lowest BCUT2D eigenvalue weighted by molar-refractivity contribution is -0.114. The first kappa shape index (κ1) is 22.3. The summed E-state index contributed by atoms with van der Waals surface area (Å²) in [5, 5.41) is 11.7. The fraction of sp³-hybridized carbons (Fsp3) is 0.111. The van der Waals surface area contributed by atoms with Gasteiger partial charge in [-0.3, -0.25) is 21.3 Å². The van der Waals surface area contributed by atoms with Gasteiger partial charge in [0.25, 0.3) is 5.56 Å². The Balaban J connectivity index is 0.000000257. The van der Waals surface area contributed by atoms with E-state index in [1.165, 1.54) is 13.0 Å². The highest BCUT2D eigenvalue weighted by atomic mass is 16.4. The number of benzene rings is 2. The SMILES string of the molecule is CC(=O)Nc1ccccc1C(=O)O.Cc1nc2ccccc2c(=O)n1N.NN. The van der Waals surface area contributed by atoms with Gasteiger partial charge in [0, 0.05) is 6.92 Å². The second kappa shape index (κ2) is 10.4. The monoisotopic (exact) mass is 386 g/mol. The molecule has 0 spiro atoms. The number of fused-ring (bicyclic) bond motifs is 1. The number of hydrogen-bond acceptors (Lipinski definition) is 7. The van der Waals surface area contributed by atoms with Crippen molar-refractivity contribution in [3.05, 3.63) is 70.3 Å². The molecule has 3 aromatic rings. The first-order valence-corrected chi connectivity index (χ1v) is 7.98. The van der Waals surface area contributed by atoms with Gasteiger partial charge < -0.3 is 16.3 Å². The summed E-state index contributed by atoms with van der Waals surface area (Å²) < 4.78 is 1.06. The first-order chi connectivity index (χ1) is 13.3. The Hall–Kier alpha value is -3.76. The van der Waals surface area contributed by atoms with E-state index in [9.17, 15) is 14.4 Å². The van der Waals surface area contributed by atoms with E-state index in [0.29, 0.717) is 22.4 Å². The largest absolute Gasteiger partial charge is 0.478 e. The molecule has 0 aliphatic rings. The quantitative estimate of drug-likeness (QED) is 0.313. The van der Waals surface area contributed by atoms with Gasteiger partial charge in [-0.1, -0.05) is 24.3 Å². The van der Waals surface area contributed by atoms with Crippen molar-refractivity contribution in [3.63, 3.8) is 0 Å². The van der Waals surface area contributed by atoms with E-state index < -0.39 is 5.97 Å². The summed E-state index contributed by atoms with van der Waals surface area (Å²) in [4.78, 5) is 37.1. The highest BCUT2D eigenvalue weighted by Crippen LogP contribution is 2.14. The molecule has 1 amide bonds. The molecule has 0 aliphatic heterocycles. The predicted molar refractivity (Wildman–Crippen MR) is 107 cm³/mol. The van der Waals surface area contributed by atoms with Gasteiger partial charge in [-0.25, -0.2) is 14.5 Å². The lowest BCUT2D eigenvalue weighted by Gasteiger charge is -2.04. The average Bonchev–Trinajstić information content (AvgIpc) is 2.68. The Morgan fingerprint density at radius 3 is 2.25 bits per heavy atom. The van der Waals surface area contributed by atoms with Crippen LogP contribution in [0.3, 0.4) is 0 Å². The second-order valence-corrected chi connectivity index (χ2v) is 5.38. The zero-order valence-electron chi connectivity index (χ0n) is 15.4. The van der Waals surface area contributed by atoms with Gasteiger partial charge >= 0.3 is 5.97 Å². The van der Waals surface area contributed by atoms with Gasteiger partial charge in [0.1, 0.15) is 5.82 Å². The standard InChI is InChI=1S/C9H9N3O.C9H9NO3.H4N2/c1-6-11-8-5-3-2-4-7(8)9(13)12(6)10;1-6(11)10-8-5-3-2-4-7(8)9(12)13;1-2/h2-5H,10H2,1H3;2-5H,1H3,(H,10,11)(H,12,13);1-2H2. The third-order valence-corrected chi connectivity index (χ3v) is 3.45. The van der Waals surface area contributed by atoms with Gasteiger partial charge in [-0.05, 0) is 31.2 Å². The van der Waals surface area contributed by atoms with Crippen LogP contribution in [0.15, 0.2) is 53.3 Å². The van der Waals surface area contributed by atoms with Gasteiger partial charge in [0.2, 0.25) is 5.91 Å². The number of anilines is 1. The Bertz CT molecular complexity index is 1030. The third kappa shape index (κ3) is 5.62. The van der Waals surface area contributed by atoms with Crippen molar-refractivity contribution >= 4 is 28.5 Å². The molecule has 148 valence electrons. The van der Waals surface area contributed by atoms with Crippen LogP contribution in [0.1, 0.15) is 23.1 Å². The fourth-order valence-electron chi connectivity index (χ4n) is 2.23. The Morgan fingerprint density at radius 1 is 1.07 bits per heavy atom. The van der Waals surface area contributed by atoms with Crippen molar-refractivity contribution in [1.82, 2.24) is 9.66 Å². The molecule has 0 fully saturated rings. The fourth-order valence-corrected chi connectivity index (χ4v) is 2.23. The maximum Gasteiger partial charge on any atom is 0.337 e. The van der Waals surface area contributed by atoms with Crippen LogP contribution in [-0.2, 0) is 4.79 Å². The van der Waals surface area contributed by atoms with Gasteiger partial charge in [0.15, 0.2) is 0 Å². The van der Waals surface area contributed by atoms with Crippen LogP contribution in [-0.4, -0.2) is 26.6 Å². The number of hydrazine groups is 1. The molecule has 2 aromatic carbocycles. The summed E-state index contributed by atoms with van der Waals surface area (Å²) in [6.45, 7) is 3.03. The molecule has 0 bridgehead atoms. The minimum atomic E-state index is -1.05. The average molecular weight is 386 g/mol. The molecule has 0 atom stereocenters. The van der Waals surface area contributed by atoms with E-state index in [1.54, 1.807) is 43.3 Å². The molecule has 1 aromatic heterocycles. The highest BCUT2D eigenvalue weighted by Gasteiger charge is 2.08. The van der Waals surface area contributed by atoms with Crippen LogP contribution < -0.4 is 28.4 Å². The van der Waals surface area contributed by atoms with Crippen LogP contribution in [0.25, 0.3) is 10.9 Å². The van der Waals surface area contributed by atoms with Crippen LogP contribution in [0.2, 0.25) is 0 Å². The summed E-state index contributed by atoms with van der Waals surface area (Å²) in [7, 11) is 0. The zero-order valence-corrected chi connectivity index (χ0v) is 15.4.